The Hall–Kier alpha value is -2.82. The highest BCUT2D eigenvalue weighted by atomic mass is 16.5. The lowest BCUT2D eigenvalue weighted by Crippen LogP contribution is -2.13. The van der Waals surface area contributed by atoms with Gasteiger partial charge < -0.3 is 10.1 Å². The van der Waals surface area contributed by atoms with Gasteiger partial charge in [0.05, 0.1) is 18.0 Å². The van der Waals surface area contributed by atoms with E-state index in [4.69, 9.17) is 4.74 Å². The first-order chi connectivity index (χ1) is 10.3. The standard InChI is InChI=1S/C16H15N3O2/c1-21-12-6-4-5-11(9-12)10-17-16-18-14-8-3-2-7-13(14)15(20)19-16/h2-9H,10H2,1H3,(H2,17,18,19,20). The third kappa shape index (κ3) is 2.86. The van der Waals surface area contributed by atoms with Crippen molar-refractivity contribution in [2.24, 2.45) is 0 Å². The number of hydrogen-bond donors (Lipinski definition) is 2. The van der Waals surface area contributed by atoms with Crippen LogP contribution in [-0.4, -0.2) is 17.1 Å². The number of aromatic nitrogens is 2. The minimum atomic E-state index is -0.145. The molecule has 2 aromatic carbocycles. The maximum atomic E-state index is 12.0. The fourth-order valence-electron chi connectivity index (χ4n) is 2.14. The molecule has 1 aromatic heterocycles. The van der Waals surface area contributed by atoms with Crippen LogP contribution in [0.1, 0.15) is 5.56 Å². The van der Waals surface area contributed by atoms with Crippen LogP contribution in [0.4, 0.5) is 5.95 Å². The van der Waals surface area contributed by atoms with Crippen molar-refractivity contribution in [3.8, 4) is 5.75 Å². The molecular formula is C16H15N3O2. The highest BCUT2D eigenvalue weighted by Crippen LogP contribution is 2.14. The van der Waals surface area contributed by atoms with Gasteiger partial charge in [-0.1, -0.05) is 24.3 Å². The molecule has 21 heavy (non-hydrogen) atoms. The van der Waals surface area contributed by atoms with Gasteiger partial charge in [-0.2, -0.15) is 0 Å². The first-order valence-corrected chi connectivity index (χ1v) is 6.62. The van der Waals surface area contributed by atoms with Gasteiger partial charge in [-0.15, -0.1) is 0 Å². The number of H-pyrrole nitrogens is 1. The SMILES string of the molecule is COc1cccc(CNc2nc3ccccc3c(=O)[nH]2)c1. The molecule has 0 radical (unpaired) electrons. The summed E-state index contributed by atoms with van der Waals surface area (Å²) in [7, 11) is 1.63. The third-order valence-electron chi connectivity index (χ3n) is 3.21. The summed E-state index contributed by atoms with van der Waals surface area (Å²) in [6, 6.07) is 15.0. The van der Waals surface area contributed by atoms with Crippen LogP contribution in [0.3, 0.4) is 0 Å². The molecule has 106 valence electrons. The van der Waals surface area contributed by atoms with Crippen LogP contribution in [0.2, 0.25) is 0 Å². The molecule has 5 nitrogen and oxygen atoms in total. The summed E-state index contributed by atoms with van der Waals surface area (Å²) in [6.07, 6.45) is 0. The second kappa shape index (κ2) is 5.66. The van der Waals surface area contributed by atoms with Crippen LogP contribution in [0.25, 0.3) is 10.9 Å². The predicted octanol–water partition coefficient (Wildman–Crippen LogP) is 2.54. The molecule has 0 unspecified atom stereocenters. The van der Waals surface area contributed by atoms with E-state index in [0.29, 0.717) is 23.4 Å². The first kappa shape index (κ1) is 13.2. The van der Waals surface area contributed by atoms with Crippen molar-refractivity contribution in [1.82, 2.24) is 9.97 Å². The number of nitrogens with one attached hydrogen (secondary N) is 2. The van der Waals surface area contributed by atoms with Crippen molar-refractivity contribution in [2.45, 2.75) is 6.54 Å². The van der Waals surface area contributed by atoms with Crippen molar-refractivity contribution in [3.63, 3.8) is 0 Å². The lowest BCUT2D eigenvalue weighted by atomic mass is 10.2. The van der Waals surface area contributed by atoms with Crippen molar-refractivity contribution in [2.75, 3.05) is 12.4 Å². The summed E-state index contributed by atoms with van der Waals surface area (Å²) >= 11 is 0. The zero-order valence-electron chi connectivity index (χ0n) is 11.6. The summed E-state index contributed by atoms with van der Waals surface area (Å²) in [5.74, 6) is 1.26. The second-order valence-electron chi connectivity index (χ2n) is 4.64. The minimum absolute atomic E-state index is 0.145. The molecule has 0 bridgehead atoms. The van der Waals surface area contributed by atoms with Crippen LogP contribution in [0.15, 0.2) is 53.3 Å². The summed E-state index contributed by atoms with van der Waals surface area (Å²) in [5.41, 5.74) is 1.58. The van der Waals surface area contributed by atoms with Crippen LogP contribution in [0.5, 0.6) is 5.75 Å². The average Bonchev–Trinajstić information content (AvgIpc) is 2.53. The quantitative estimate of drug-likeness (QED) is 0.771. The van der Waals surface area contributed by atoms with Gasteiger partial charge in [0.15, 0.2) is 0 Å². The minimum Gasteiger partial charge on any atom is -0.497 e. The summed E-state index contributed by atoms with van der Waals surface area (Å²) in [6.45, 7) is 0.554. The number of para-hydroxylation sites is 1. The van der Waals surface area contributed by atoms with Crippen LogP contribution < -0.4 is 15.6 Å². The van der Waals surface area contributed by atoms with E-state index in [1.54, 1.807) is 13.2 Å². The Morgan fingerprint density at radius 2 is 2.05 bits per heavy atom. The van der Waals surface area contributed by atoms with Crippen LogP contribution in [-0.2, 0) is 6.54 Å². The smallest absolute Gasteiger partial charge is 0.260 e. The number of nitrogens with zero attached hydrogens (tertiary/aromatic N) is 1. The highest BCUT2D eigenvalue weighted by molar-refractivity contribution is 5.78. The number of anilines is 1. The largest absolute Gasteiger partial charge is 0.497 e. The van der Waals surface area contributed by atoms with E-state index in [9.17, 15) is 4.79 Å². The molecule has 3 aromatic rings. The van der Waals surface area contributed by atoms with Crippen LogP contribution in [0, 0.1) is 0 Å². The van der Waals surface area contributed by atoms with Gasteiger partial charge in [-0.25, -0.2) is 4.98 Å². The molecule has 0 atom stereocenters. The Kier molecular flexibility index (Phi) is 3.55. The topological polar surface area (TPSA) is 67.0 Å². The Morgan fingerprint density at radius 1 is 1.19 bits per heavy atom. The molecule has 0 aliphatic carbocycles. The maximum Gasteiger partial charge on any atom is 0.260 e. The normalized spacial score (nSPS) is 10.5. The molecule has 0 aliphatic heterocycles. The zero-order chi connectivity index (χ0) is 14.7. The van der Waals surface area contributed by atoms with Crippen LogP contribution >= 0.6 is 0 Å². The number of hydrogen-bond acceptors (Lipinski definition) is 4. The first-order valence-electron chi connectivity index (χ1n) is 6.62. The molecule has 0 aliphatic rings. The lowest BCUT2D eigenvalue weighted by molar-refractivity contribution is 0.414. The molecule has 1 heterocycles. The number of benzene rings is 2. The summed E-state index contributed by atoms with van der Waals surface area (Å²) in [4.78, 5) is 19.1. The molecule has 0 fully saturated rings. The van der Waals surface area contributed by atoms with Gasteiger partial charge in [-0.05, 0) is 29.8 Å². The van der Waals surface area contributed by atoms with E-state index in [0.717, 1.165) is 11.3 Å². The molecule has 2 N–H and O–H groups in total. The molecule has 0 amide bonds. The van der Waals surface area contributed by atoms with Gasteiger partial charge in [0.2, 0.25) is 5.95 Å². The molecule has 3 rings (SSSR count). The van der Waals surface area contributed by atoms with Crippen molar-refractivity contribution in [1.29, 1.82) is 0 Å². The predicted molar refractivity (Wildman–Crippen MR) is 82.7 cm³/mol. The Labute approximate surface area is 121 Å². The number of ether oxygens (including phenoxy) is 1. The van der Waals surface area contributed by atoms with Crippen molar-refractivity contribution < 1.29 is 4.74 Å². The van der Waals surface area contributed by atoms with E-state index < -0.39 is 0 Å². The monoisotopic (exact) mass is 281 g/mol. The highest BCUT2D eigenvalue weighted by Gasteiger charge is 2.03. The fraction of sp³-hybridized carbons (Fsp3) is 0.125. The molecule has 0 spiro atoms. The van der Waals surface area contributed by atoms with Gasteiger partial charge in [0.1, 0.15) is 5.75 Å². The van der Waals surface area contributed by atoms with E-state index >= 15 is 0 Å². The number of aromatic amines is 1. The Balaban J connectivity index is 1.83. The average molecular weight is 281 g/mol. The molecule has 5 heteroatoms. The van der Waals surface area contributed by atoms with Gasteiger partial charge >= 0.3 is 0 Å². The molecule has 0 saturated heterocycles. The van der Waals surface area contributed by atoms with Crippen molar-refractivity contribution in [3.05, 3.63) is 64.4 Å². The van der Waals surface area contributed by atoms with E-state index in [1.165, 1.54) is 0 Å². The Morgan fingerprint density at radius 3 is 2.90 bits per heavy atom. The van der Waals surface area contributed by atoms with Gasteiger partial charge in [0.25, 0.3) is 5.56 Å². The van der Waals surface area contributed by atoms with Gasteiger partial charge in [-0.3, -0.25) is 9.78 Å². The maximum absolute atomic E-state index is 12.0. The fourth-order valence-corrected chi connectivity index (χ4v) is 2.14. The summed E-state index contributed by atoms with van der Waals surface area (Å²) < 4.78 is 5.18. The Bertz CT molecular complexity index is 827. The van der Waals surface area contributed by atoms with Gasteiger partial charge in [0, 0.05) is 6.54 Å². The van der Waals surface area contributed by atoms with E-state index in [2.05, 4.69) is 15.3 Å². The lowest BCUT2D eigenvalue weighted by Gasteiger charge is -2.07. The van der Waals surface area contributed by atoms with Crippen molar-refractivity contribution >= 4 is 16.9 Å². The van der Waals surface area contributed by atoms with E-state index in [-0.39, 0.29) is 5.56 Å². The van der Waals surface area contributed by atoms with E-state index in [1.807, 2.05) is 42.5 Å². The number of methoxy groups -OCH3 is 1. The summed E-state index contributed by atoms with van der Waals surface area (Å²) in [5, 5.41) is 3.71. The molecular weight excluding hydrogens is 266 g/mol. The molecule has 0 saturated carbocycles. The second-order valence-corrected chi connectivity index (χ2v) is 4.64. The third-order valence-corrected chi connectivity index (χ3v) is 3.21. The number of fused-ring (bicyclic) bond motifs is 1. The number of rotatable bonds is 4. The zero-order valence-corrected chi connectivity index (χ0v) is 11.6.